The van der Waals surface area contributed by atoms with Crippen molar-refractivity contribution in [3.63, 3.8) is 0 Å². The molecule has 12 heavy (non-hydrogen) atoms. The second-order valence-corrected chi connectivity index (χ2v) is 3.45. The number of carbonyl (C=O) groups is 1. The van der Waals surface area contributed by atoms with Gasteiger partial charge in [0, 0.05) is 30.4 Å². The van der Waals surface area contributed by atoms with Crippen LogP contribution in [0.1, 0.15) is 6.92 Å². The molecule has 0 radical (unpaired) electrons. The van der Waals surface area contributed by atoms with Crippen LogP contribution in [0.15, 0.2) is 12.2 Å². The summed E-state index contributed by atoms with van der Waals surface area (Å²) in [6.07, 6.45) is 0. The minimum absolute atomic E-state index is 0.0127. The van der Waals surface area contributed by atoms with E-state index in [1.165, 1.54) is 7.05 Å². The lowest BCUT2D eigenvalue weighted by Gasteiger charge is -2.22. The molecule has 0 aromatic rings. The van der Waals surface area contributed by atoms with Gasteiger partial charge in [-0.05, 0) is 21.0 Å². The fourth-order valence-corrected chi connectivity index (χ4v) is 0.797. The SMILES string of the molecule is C=C(C(=O)N(C)Cl)C(C)N(C)C. The van der Waals surface area contributed by atoms with E-state index in [1.54, 1.807) is 0 Å². The van der Waals surface area contributed by atoms with Crippen molar-refractivity contribution < 1.29 is 4.79 Å². The molecule has 3 nitrogen and oxygen atoms in total. The van der Waals surface area contributed by atoms with Gasteiger partial charge in [0.1, 0.15) is 0 Å². The van der Waals surface area contributed by atoms with Crippen LogP contribution < -0.4 is 0 Å². The molecule has 0 heterocycles. The third kappa shape index (κ3) is 2.83. The molecule has 0 aromatic heterocycles. The molecule has 0 saturated carbocycles. The summed E-state index contributed by atoms with van der Waals surface area (Å²) >= 11 is 5.48. The van der Waals surface area contributed by atoms with Crippen molar-refractivity contribution in [3.05, 3.63) is 12.2 Å². The second-order valence-electron chi connectivity index (χ2n) is 2.95. The minimum Gasteiger partial charge on any atom is -0.302 e. The van der Waals surface area contributed by atoms with E-state index >= 15 is 0 Å². The van der Waals surface area contributed by atoms with E-state index in [9.17, 15) is 4.79 Å². The molecular formula is C8H15ClN2O. The first-order valence-corrected chi connectivity index (χ1v) is 4.00. The molecule has 1 amide bonds. The zero-order chi connectivity index (χ0) is 9.89. The zero-order valence-corrected chi connectivity index (χ0v) is 8.72. The van der Waals surface area contributed by atoms with E-state index in [0.717, 1.165) is 4.42 Å². The van der Waals surface area contributed by atoms with E-state index < -0.39 is 0 Å². The van der Waals surface area contributed by atoms with E-state index in [0.29, 0.717) is 5.57 Å². The van der Waals surface area contributed by atoms with Crippen LogP contribution >= 0.6 is 11.8 Å². The first kappa shape index (κ1) is 11.5. The molecular weight excluding hydrogens is 176 g/mol. The predicted molar refractivity (Wildman–Crippen MR) is 50.9 cm³/mol. The summed E-state index contributed by atoms with van der Waals surface area (Å²) in [4.78, 5) is 13.2. The standard InChI is InChI=1S/C8H15ClN2O/c1-6(7(2)10(3)4)8(12)11(5)9/h7H,1H2,2-5H3. The highest BCUT2D eigenvalue weighted by Crippen LogP contribution is 2.08. The third-order valence-electron chi connectivity index (χ3n) is 1.83. The molecule has 0 aliphatic carbocycles. The number of carbonyl (C=O) groups excluding carboxylic acids is 1. The van der Waals surface area contributed by atoms with Crippen LogP contribution in [0.5, 0.6) is 0 Å². The van der Waals surface area contributed by atoms with Gasteiger partial charge in [-0.15, -0.1) is 0 Å². The van der Waals surface area contributed by atoms with Crippen LogP contribution in [0.2, 0.25) is 0 Å². The highest BCUT2D eigenvalue weighted by atomic mass is 35.5. The smallest absolute Gasteiger partial charge is 0.264 e. The van der Waals surface area contributed by atoms with Gasteiger partial charge < -0.3 is 4.90 Å². The lowest BCUT2D eigenvalue weighted by molar-refractivity contribution is -0.122. The first-order chi connectivity index (χ1) is 5.37. The first-order valence-electron chi connectivity index (χ1n) is 3.67. The van der Waals surface area contributed by atoms with Crippen molar-refractivity contribution in [1.29, 1.82) is 0 Å². The van der Waals surface area contributed by atoms with Gasteiger partial charge in [0.05, 0.1) is 0 Å². The van der Waals surface area contributed by atoms with Crippen molar-refractivity contribution >= 4 is 17.7 Å². The molecule has 0 bridgehead atoms. The predicted octanol–water partition coefficient (Wildman–Crippen LogP) is 1.10. The van der Waals surface area contributed by atoms with Crippen molar-refractivity contribution in [2.75, 3.05) is 21.1 Å². The van der Waals surface area contributed by atoms with Crippen molar-refractivity contribution in [2.45, 2.75) is 13.0 Å². The Bertz CT molecular complexity index is 189. The molecule has 0 aliphatic heterocycles. The molecule has 0 saturated heterocycles. The van der Waals surface area contributed by atoms with Crippen LogP contribution in [-0.4, -0.2) is 42.4 Å². The molecule has 0 fully saturated rings. The van der Waals surface area contributed by atoms with Gasteiger partial charge in [-0.25, -0.2) is 0 Å². The van der Waals surface area contributed by atoms with Gasteiger partial charge >= 0.3 is 0 Å². The molecule has 0 aliphatic rings. The maximum Gasteiger partial charge on any atom is 0.264 e. The summed E-state index contributed by atoms with van der Waals surface area (Å²) in [6, 6.07) is 0.0127. The minimum atomic E-state index is -0.238. The van der Waals surface area contributed by atoms with Crippen LogP contribution in [0, 0.1) is 0 Å². The van der Waals surface area contributed by atoms with Crippen LogP contribution in [0.4, 0.5) is 0 Å². The largest absolute Gasteiger partial charge is 0.302 e. The molecule has 0 aromatic carbocycles. The molecule has 1 atom stereocenters. The quantitative estimate of drug-likeness (QED) is 0.492. The number of nitrogens with zero attached hydrogens (tertiary/aromatic N) is 2. The van der Waals surface area contributed by atoms with E-state index in [2.05, 4.69) is 6.58 Å². The van der Waals surface area contributed by atoms with Gasteiger partial charge in [0.2, 0.25) is 0 Å². The number of hydrogen-bond donors (Lipinski definition) is 0. The zero-order valence-electron chi connectivity index (χ0n) is 7.97. The van der Waals surface area contributed by atoms with Crippen molar-refractivity contribution in [2.24, 2.45) is 0 Å². The fraction of sp³-hybridized carbons (Fsp3) is 0.625. The number of likely N-dealkylation sites (N-methyl/N-ethyl adjacent to an activating group) is 2. The van der Waals surface area contributed by atoms with Crippen LogP contribution in [0.3, 0.4) is 0 Å². The summed E-state index contributed by atoms with van der Waals surface area (Å²) in [5.74, 6) is -0.238. The maximum atomic E-state index is 11.3. The Kier molecular flexibility index (Phi) is 4.28. The van der Waals surface area contributed by atoms with Crippen LogP contribution in [-0.2, 0) is 4.79 Å². The third-order valence-corrected chi connectivity index (χ3v) is 1.99. The Hall–Kier alpha value is -0.540. The highest BCUT2D eigenvalue weighted by molar-refractivity contribution is 6.23. The van der Waals surface area contributed by atoms with Crippen molar-refractivity contribution in [3.8, 4) is 0 Å². The number of halogens is 1. The van der Waals surface area contributed by atoms with Crippen molar-refractivity contribution in [1.82, 2.24) is 9.32 Å². The molecule has 70 valence electrons. The van der Waals surface area contributed by atoms with Crippen LogP contribution in [0.25, 0.3) is 0 Å². The number of rotatable bonds is 3. The summed E-state index contributed by atoms with van der Waals surface area (Å²) in [5.41, 5.74) is 0.498. The van der Waals surface area contributed by atoms with E-state index in [-0.39, 0.29) is 11.9 Å². The summed E-state index contributed by atoms with van der Waals surface area (Å²) in [5, 5.41) is 0. The highest BCUT2D eigenvalue weighted by Gasteiger charge is 2.18. The summed E-state index contributed by atoms with van der Waals surface area (Å²) in [6.45, 7) is 5.58. The summed E-state index contributed by atoms with van der Waals surface area (Å²) < 4.78 is 1.02. The van der Waals surface area contributed by atoms with E-state index in [1.807, 2.05) is 25.9 Å². The molecule has 4 heteroatoms. The number of hydrogen-bond acceptors (Lipinski definition) is 2. The Balaban J connectivity index is 4.30. The monoisotopic (exact) mass is 190 g/mol. The molecule has 0 rings (SSSR count). The normalized spacial score (nSPS) is 12.8. The second kappa shape index (κ2) is 4.48. The molecule has 1 unspecified atom stereocenters. The fourth-order valence-electron chi connectivity index (χ4n) is 0.688. The topological polar surface area (TPSA) is 23.6 Å². The van der Waals surface area contributed by atoms with Gasteiger partial charge in [0.25, 0.3) is 5.91 Å². The van der Waals surface area contributed by atoms with E-state index in [4.69, 9.17) is 11.8 Å². The average Bonchev–Trinajstić information content (AvgIpc) is 2.00. The van der Waals surface area contributed by atoms with Gasteiger partial charge in [-0.3, -0.25) is 9.21 Å². The lowest BCUT2D eigenvalue weighted by Crippen LogP contribution is -2.33. The maximum absolute atomic E-state index is 11.3. The Morgan fingerprint density at radius 2 is 1.83 bits per heavy atom. The molecule has 0 spiro atoms. The molecule has 0 N–H and O–H groups in total. The van der Waals surface area contributed by atoms with Gasteiger partial charge in [0.15, 0.2) is 0 Å². The Morgan fingerprint density at radius 3 is 2.08 bits per heavy atom. The van der Waals surface area contributed by atoms with Gasteiger partial charge in [-0.2, -0.15) is 0 Å². The lowest BCUT2D eigenvalue weighted by atomic mass is 10.1. The number of amides is 1. The summed E-state index contributed by atoms with van der Waals surface area (Å²) in [7, 11) is 5.27. The van der Waals surface area contributed by atoms with Gasteiger partial charge in [-0.1, -0.05) is 6.58 Å². The Labute approximate surface area is 78.7 Å². The average molecular weight is 191 g/mol. The Morgan fingerprint density at radius 1 is 1.42 bits per heavy atom.